The third-order valence-electron chi connectivity index (χ3n) is 4.51. The first-order valence-electron chi connectivity index (χ1n) is 10.5. The van der Waals surface area contributed by atoms with Crippen LogP contribution >= 0.6 is 0 Å². The topological polar surface area (TPSA) is 103 Å². The molecule has 0 aliphatic rings. The van der Waals surface area contributed by atoms with Gasteiger partial charge in [-0.2, -0.15) is 8.78 Å². The summed E-state index contributed by atoms with van der Waals surface area (Å²) in [5.74, 6) is -1.64. The number of halogens is 2. The van der Waals surface area contributed by atoms with Gasteiger partial charge in [-0.05, 0) is 67.6 Å². The minimum atomic E-state index is -3.11. The molecule has 0 saturated heterocycles. The molecule has 3 aromatic carbocycles. The zero-order chi connectivity index (χ0) is 25.2. The average molecular weight is 484 g/mol. The van der Waals surface area contributed by atoms with Gasteiger partial charge in [-0.25, -0.2) is 4.79 Å². The maximum absolute atomic E-state index is 12.5. The number of amides is 2. The largest absolute Gasteiger partial charge is 0.494 e. The maximum Gasteiger partial charge on any atom is 0.387 e. The fourth-order valence-corrected chi connectivity index (χ4v) is 2.95. The number of esters is 1. The first kappa shape index (κ1) is 25.2. The van der Waals surface area contributed by atoms with Crippen LogP contribution in [-0.4, -0.2) is 37.6 Å². The molecular formula is C25H22F2N2O6. The maximum atomic E-state index is 12.5. The van der Waals surface area contributed by atoms with E-state index in [4.69, 9.17) is 9.47 Å². The normalized spacial score (nSPS) is 10.4. The molecule has 0 heterocycles. The van der Waals surface area contributed by atoms with Gasteiger partial charge in [-0.15, -0.1) is 0 Å². The van der Waals surface area contributed by atoms with Crippen molar-refractivity contribution in [1.29, 1.82) is 0 Å². The predicted molar refractivity (Wildman–Crippen MR) is 124 cm³/mol. The number of ether oxygens (including phenoxy) is 3. The van der Waals surface area contributed by atoms with Crippen molar-refractivity contribution < 1.29 is 37.4 Å². The Hall–Kier alpha value is -4.47. The molecule has 0 aliphatic carbocycles. The van der Waals surface area contributed by atoms with Crippen LogP contribution in [0.1, 0.15) is 27.6 Å². The standard InChI is InChI=1S/C25H22F2N2O6/c1-2-33-19-13-11-18(12-14-19)29-23(31)16-7-9-17(10-8-16)28-22(30)15-34-24(32)20-5-3-4-6-21(20)35-25(26)27/h3-14,25H,2,15H2,1H3,(H,28,30)(H,29,31). The lowest BCUT2D eigenvalue weighted by Gasteiger charge is -2.11. The lowest BCUT2D eigenvalue weighted by Crippen LogP contribution is -2.21. The number of rotatable bonds is 10. The van der Waals surface area contributed by atoms with Crippen molar-refractivity contribution >= 4 is 29.2 Å². The Labute approximate surface area is 199 Å². The second-order valence-electron chi connectivity index (χ2n) is 6.99. The fourth-order valence-electron chi connectivity index (χ4n) is 2.95. The molecule has 3 rings (SSSR count). The van der Waals surface area contributed by atoms with Gasteiger partial charge in [0.25, 0.3) is 11.8 Å². The van der Waals surface area contributed by atoms with Gasteiger partial charge in [-0.1, -0.05) is 12.1 Å². The Kier molecular flexibility index (Phi) is 8.71. The Bertz CT molecular complexity index is 1170. The Morgan fingerprint density at radius 1 is 0.857 bits per heavy atom. The third-order valence-corrected chi connectivity index (χ3v) is 4.51. The number of anilines is 2. The van der Waals surface area contributed by atoms with Gasteiger partial charge in [0.2, 0.25) is 0 Å². The van der Waals surface area contributed by atoms with E-state index in [1.807, 2.05) is 6.92 Å². The van der Waals surface area contributed by atoms with Crippen LogP contribution < -0.4 is 20.1 Å². The second kappa shape index (κ2) is 12.1. The number of hydrogen-bond donors (Lipinski definition) is 2. The number of hydrogen-bond acceptors (Lipinski definition) is 6. The Balaban J connectivity index is 1.51. The van der Waals surface area contributed by atoms with Gasteiger partial charge in [0.1, 0.15) is 17.1 Å². The van der Waals surface area contributed by atoms with E-state index < -0.39 is 25.1 Å². The van der Waals surface area contributed by atoms with E-state index in [1.54, 1.807) is 24.3 Å². The van der Waals surface area contributed by atoms with E-state index in [1.165, 1.54) is 48.5 Å². The smallest absolute Gasteiger partial charge is 0.387 e. The molecule has 0 radical (unpaired) electrons. The van der Waals surface area contributed by atoms with Gasteiger partial charge in [0, 0.05) is 16.9 Å². The molecule has 0 atom stereocenters. The van der Waals surface area contributed by atoms with Crippen LogP contribution in [0.25, 0.3) is 0 Å². The van der Waals surface area contributed by atoms with Crippen molar-refractivity contribution in [3.63, 3.8) is 0 Å². The molecule has 0 unspecified atom stereocenters. The molecule has 10 heteroatoms. The number of carbonyl (C=O) groups is 3. The van der Waals surface area contributed by atoms with Gasteiger partial charge < -0.3 is 24.8 Å². The summed E-state index contributed by atoms with van der Waals surface area (Å²) in [6, 6.07) is 18.3. The van der Waals surface area contributed by atoms with E-state index in [-0.39, 0.29) is 17.2 Å². The summed E-state index contributed by atoms with van der Waals surface area (Å²) in [6.07, 6.45) is 0. The second-order valence-corrected chi connectivity index (χ2v) is 6.99. The molecule has 8 nitrogen and oxygen atoms in total. The van der Waals surface area contributed by atoms with Crippen LogP contribution in [-0.2, 0) is 9.53 Å². The monoisotopic (exact) mass is 484 g/mol. The molecule has 0 saturated carbocycles. The molecular weight excluding hydrogens is 462 g/mol. The number of nitrogens with one attached hydrogen (secondary N) is 2. The van der Waals surface area contributed by atoms with E-state index in [2.05, 4.69) is 15.4 Å². The van der Waals surface area contributed by atoms with Crippen molar-refractivity contribution in [2.45, 2.75) is 13.5 Å². The highest BCUT2D eigenvalue weighted by atomic mass is 19.3. The molecule has 0 aromatic heterocycles. The number of benzene rings is 3. The molecule has 0 spiro atoms. The van der Waals surface area contributed by atoms with Crippen LogP contribution in [0, 0.1) is 0 Å². The van der Waals surface area contributed by atoms with Crippen LogP contribution in [0.3, 0.4) is 0 Å². The van der Waals surface area contributed by atoms with Crippen molar-refractivity contribution in [2.75, 3.05) is 23.8 Å². The quantitative estimate of drug-likeness (QED) is 0.403. The van der Waals surface area contributed by atoms with Crippen LogP contribution in [0.4, 0.5) is 20.2 Å². The highest BCUT2D eigenvalue weighted by molar-refractivity contribution is 6.04. The third kappa shape index (κ3) is 7.53. The molecule has 2 N–H and O–H groups in total. The highest BCUT2D eigenvalue weighted by Gasteiger charge is 2.18. The van der Waals surface area contributed by atoms with Gasteiger partial charge >= 0.3 is 12.6 Å². The zero-order valence-corrected chi connectivity index (χ0v) is 18.6. The summed E-state index contributed by atoms with van der Waals surface area (Å²) in [5, 5.41) is 5.27. The van der Waals surface area contributed by atoms with E-state index in [0.717, 1.165) is 0 Å². The first-order valence-corrected chi connectivity index (χ1v) is 10.5. The average Bonchev–Trinajstić information content (AvgIpc) is 2.84. The summed E-state index contributed by atoms with van der Waals surface area (Å²) < 4.78 is 39.5. The van der Waals surface area contributed by atoms with E-state index in [0.29, 0.717) is 29.3 Å². The van der Waals surface area contributed by atoms with Crippen molar-refractivity contribution in [3.05, 3.63) is 83.9 Å². The van der Waals surface area contributed by atoms with Crippen LogP contribution in [0.15, 0.2) is 72.8 Å². The van der Waals surface area contributed by atoms with Crippen LogP contribution in [0.2, 0.25) is 0 Å². The Morgan fingerprint density at radius 2 is 1.49 bits per heavy atom. The SMILES string of the molecule is CCOc1ccc(NC(=O)c2ccc(NC(=O)COC(=O)c3ccccc3OC(F)F)cc2)cc1. The van der Waals surface area contributed by atoms with Gasteiger partial charge in [0.05, 0.1) is 6.61 Å². The zero-order valence-electron chi connectivity index (χ0n) is 18.6. The summed E-state index contributed by atoms with van der Waals surface area (Å²) in [5.41, 5.74) is 1.09. The highest BCUT2D eigenvalue weighted by Crippen LogP contribution is 2.21. The minimum absolute atomic E-state index is 0.233. The lowest BCUT2D eigenvalue weighted by atomic mass is 10.2. The number of carbonyl (C=O) groups excluding carboxylic acids is 3. The molecule has 0 fully saturated rings. The molecule has 0 bridgehead atoms. The van der Waals surface area contributed by atoms with Gasteiger partial charge in [0.15, 0.2) is 6.61 Å². The summed E-state index contributed by atoms with van der Waals surface area (Å²) in [4.78, 5) is 36.7. The van der Waals surface area contributed by atoms with E-state index in [9.17, 15) is 23.2 Å². The molecule has 2 amide bonds. The predicted octanol–water partition coefficient (Wildman–Crippen LogP) is 4.73. The Morgan fingerprint density at radius 3 is 2.14 bits per heavy atom. The van der Waals surface area contributed by atoms with Crippen molar-refractivity contribution in [1.82, 2.24) is 0 Å². The molecule has 0 aliphatic heterocycles. The minimum Gasteiger partial charge on any atom is -0.494 e. The number of alkyl halides is 2. The molecule has 3 aromatic rings. The summed E-state index contributed by atoms with van der Waals surface area (Å²) in [6.45, 7) is -1.34. The van der Waals surface area contributed by atoms with Gasteiger partial charge in [-0.3, -0.25) is 9.59 Å². The summed E-state index contributed by atoms with van der Waals surface area (Å²) >= 11 is 0. The molecule has 182 valence electrons. The van der Waals surface area contributed by atoms with Crippen LogP contribution in [0.5, 0.6) is 11.5 Å². The van der Waals surface area contributed by atoms with Crippen molar-refractivity contribution in [2.24, 2.45) is 0 Å². The first-order chi connectivity index (χ1) is 16.9. The van der Waals surface area contributed by atoms with E-state index >= 15 is 0 Å². The number of para-hydroxylation sites is 1. The fraction of sp³-hybridized carbons (Fsp3) is 0.160. The lowest BCUT2D eigenvalue weighted by molar-refractivity contribution is -0.119. The molecule has 35 heavy (non-hydrogen) atoms. The van der Waals surface area contributed by atoms with Crippen molar-refractivity contribution in [3.8, 4) is 11.5 Å². The summed E-state index contributed by atoms with van der Waals surface area (Å²) in [7, 11) is 0.